The third-order valence-corrected chi connectivity index (χ3v) is 4.06. The molecular weight excluding hydrogens is 294 g/mol. The first-order valence-electron chi connectivity index (χ1n) is 7.34. The number of aryl methyl sites for hydroxylation is 2. The summed E-state index contributed by atoms with van der Waals surface area (Å²) in [5.74, 6) is 0.881. The Bertz CT molecular complexity index is 684. The van der Waals surface area contributed by atoms with Crippen molar-refractivity contribution in [2.24, 2.45) is 22.7 Å². The average molecular weight is 318 g/mol. The Balaban J connectivity index is 2.31. The summed E-state index contributed by atoms with van der Waals surface area (Å²) in [6.45, 7) is 8.75. The summed E-state index contributed by atoms with van der Waals surface area (Å²) in [6, 6.07) is 6.09. The lowest BCUT2D eigenvalue weighted by atomic mass is 9.87. The maximum absolute atomic E-state index is 5.54. The summed E-state index contributed by atoms with van der Waals surface area (Å²) < 4.78 is 7.53. The van der Waals surface area contributed by atoms with E-state index in [0.29, 0.717) is 0 Å². The van der Waals surface area contributed by atoms with Gasteiger partial charge in [-0.3, -0.25) is 0 Å². The number of benzene rings is 1. The van der Waals surface area contributed by atoms with Crippen LogP contribution in [0, 0.1) is 12.3 Å². The van der Waals surface area contributed by atoms with Gasteiger partial charge in [0.05, 0.1) is 12.8 Å². The number of hydrogen-bond acceptors (Lipinski definition) is 4. The highest BCUT2D eigenvalue weighted by atomic mass is 32.1. The Kier molecular flexibility index (Phi) is 4.96. The van der Waals surface area contributed by atoms with Crippen LogP contribution in [-0.2, 0) is 13.5 Å². The van der Waals surface area contributed by atoms with Crippen LogP contribution in [0.2, 0.25) is 0 Å². The van der Waals surface area contributed by atoms with E-state index in [4.69, 9.17) is 4.74 Å². The molecule has 0 N–H and O–H groups in total. The maximum atomic E-state index is 5.54. The Hall–Kier alpha value is -1.75. The van der Waals surface area contributed by atoms with E-state index in [9.17, 15) is 0 Å². The molecule has 2 rings (SSSR count). The molecule has 0 amide bonds. The lowest BCUT2D eigenvalue weighted by Crippen LogP contribution is -2.18. The van der Waals surface area contributed by atoms with Crippen LogP contribution >= 0.6 is 11.5 Å². The van der Waals surface area contributed by atoms with E-state index in [0.717, 1.165) is 28.4 Å². The highest BCUT2D eigenvalue weighted by Crippen LogP contribution is 2.34. The van der Waals surface area contributed by atoms with Crippen LogP contribution < -0.4 is 8.69 Å². The van der Waals surface area contributed by atoms with Crippen molar-refractivity contribution in [1.29, 1.82) is 0 Å². The highest BCUT2D eigenvalue weighted by Gasteiger charge is 2.16. The standard InChI is InChI=1S/C17H24N3OS/c1-12-9-13(11-17(2,3)4)15(21-6)10-14(12)18-19-16-7-8-20(5)22-16/h7-10H,11H2,1-6H3/q+1. The van der Waals surface area contributed by atoms with Gasteiger partial charge in [-0.05, 0) is 29.9 Å². The summed E-state index contributed by atoms with van der Waals surface area (Å²) >= 11 is 1.56. The predicted molar refractivity (Wildman–Crippen MR) is 90.6 cm³/mol. The van der Waals surface area contributed by atoms with E-state index in [-0.39, 0.29) is 5.41 Å². The fraction of sp³-hybridized carbons (Fsp3) is 0.471. The van der Waals surface area contributed by atoms with Crippen molar-refractivity contribution >= 4 is 22.2 Å². The normalized spacial score (nSPS) is 12.1. The molecule has 0 saturated heterocycles. The first-order chi connectivity index (χ1) is 10.3. The lowest BCUT2D eigenvalue weighted by Gasteiger charge is -2.20. The van der Waals surface area contributed by atoms with Crippen molar-refractivity contribution in [1.82, 2.24) is 0 Å². The van der Waals surface area contributed by atoms with Crippen molar-refractivity contribution < 1.29 is 8.69 Å². The second-order valence-corrected chi connectivity index (χ2v) is 7.86. The van der Waals surface area contributed by atoms with Crippen LogP contribution in [0.3, 0.4) is 0 Å². The largest absolute Gasteiger partial charge is 0.496 e. The van der Waals surface area contributed by atoms with Crippen molar-refractivity contribution in [2.45, 2.75) is 34.1 Å². The molecule has 0 aliphatic heterocycles. The van der Waals surface area contributed by atoms with E-state index in [1.807, 2.05) is 29.3 Å². The Morgan fingerprint density at radius 2 is 1.95 bits per heavy atom. The van der Waals surface area contributed by atoms with Crippen LogP contribution in [-0.4, -0.2) is 7.11 Å². The summed E-state index contributed by atoms with van der Waals surface area (Å²) in [5, 5.41) is 9.57. The number of methoxy groups -OCH3 is 1. The van der Waals surface area contributed by atoms with Gasteiger partial charge in [0.25, 0.3) is 0 Å². The second kappa shape index (κ2) is 6.57. The Labute approximate surface area is 136 Å². The summed E-state index contributed by atoms with van der Waals surface area (Å²) in [7, 11) is 3.69. The lowest BCUT2D eigenvalue weighted by molar-refractivity contribution is -0.600. The van der Waals surface area contributed by atoms with Crippen LogP contribution in [0.15, 0.2) is 34.6 Å². The number of hydrogen-bond donors (Lipinski definition) is 0. The van der Waals surface area contributed by atoms with Gasteiger partial charge < -0.3 is 4.74 Å². The Morgan fingerprint density at radius 3 is 2.50 bits per heavy atom. The van der Waals surface area contributed by atoms with Gasteiger partial charge in [0, 0.05) is 12.1 Å². The minimum Gasteiger partial charge on any atom is -0.496 e. The van der Waals surface area contributed by atoms with Crippen LogP contribution in [0.5, 0.6) is 5.75 Å². The van der Waals surface area contributed by atoms with Gasteiger partial charge in [-0.2, -0.15) is 0 Å². The molecule has 4 nitrogen and oxygen atoms in total. The molecule has 0 aliphatic rings. The van der Waals surface area contributed by atoms with Crippen molar-refractivity contribution in [3.8, 4) is 5.75 Å². The van der Waals surface area contributed by atoms with Gasteiger partial charge in [0.1, 0.15) is 5.75 Å². The Morgan fingerprint density at radius 1 is 1.23 bits per heavy atom. The molecule has 5 heteroatoms. The third kappa shape index (κ3) is 4.37. The second-order valence-electron chi connectivity index (χ2n) is 6.68. The van der Waals surface area contributed by atoms with Gasteiger partial charge in [0.15, 0.2) is 24.8 Å². The van der Waals surface area contributed by atoms with Gasteiger partial charge in [-0.1, -0.05) is 26.8 Å². The molecule has 22 heavy (non-hydrogen) atoms. The average Bonchev–Trinajstić information content (AvgIpc) is 2.82. The first kappa shape index (κ1) is 16.6. The molecular formula is C17H24N3OS+. The molecule has 0 radical (unpaired) electrons. The fourth-order valence-corrected chi connectivity index (χ4v) is 2.89. The van der Waals surface area contributed by atoms with Gasteiger partial charge in [0.2, 0.25) is 5.00 Å². The molecule has 0 saturated carbocycles. The minimum absolute atomic E-state index is 0.217. The smallest absolute Gasteiger partial charge is 0.208 e. The SMILES string of the molecule is COc1cc(N=Nc2cc[n+](C)s2)c(C)cc1CC(C)(C)C. The monoisotopic (exact) mass is 318 g/mol. The van der Waals surface area contributed by atoms with Crippen LogP contribution in [0.1, 0.15) is 31.9 Å². The zero-order valence-corrected chi connectivity index (χ0v) is 15.0. The minimum atomic E-state index is 0.217. The zero-order valence-electron chi connectivity index (χ0n) is 14.2. The van der Waals surface area contributed by atoms with Crippen LogP contribution in [0.4, 0.5) is 10.7 Å². The maximum Gasteiger partial charge on any atom is 0.208 e. The molecule has 2 aromatic rings. The highest BCUT2D eigenvalue weighted by molar-refractivity contribution is 7.05. The number of ether oxygens (including phenoxy) is 1. The van der Waals surface area contributed by atoms with Gasteiger partial charge >= 0.3 is 0 Å². The molecule has 0 unspecified atom stereocenters. The molecule has 0 aliphatic carbocycles. The number of nitrogens with zero attached hydrogens (tertiary/aromatic N) is 3. The van der Waals surface area contributed by atoms with E-state index < -0.39 is 0 Å². The molecule has 1 heterocycles. The van der Waals surface area contributed by atoms with E-state index in [2.05, 4.69) is 44.0 Å². The number of azo groups is 1. The summed E-state index contributed by atoms with van der Waals surface area (Å²) in [6.07, 6.45) is 2.94. The third-order valence-electron chi connectivity index (χ3n) is 3.24. The van der Waals surface area contributed by atoms with E-state index in [1.54, 1.807) is 18.6 Å². The molecule has 1 aromatic heterocycles. The molecule has 0 bridgehead atoms. The van der Waals surface area contributed by atoms with Crippen molar-refractivity contribution in [3.05, 3.63) is 35.5 Å². The molecule has 0 spiro atoms. The quantitative estimate of drug-likeness (QED) is 0.584. The fourth-order valence-electron chi connectivity index (χ4n) is 2.28. The van der Waals surface area contributed by atoms with Crippen molar-refractivity contribution in [3.63, 3.8) is 0 Å². The number of rotatable bonds is 4. The molecule has 0 atom stereocenters. The zero-order chi connectivity index (χ0) is 16.3. The van der Waals surface area contributed by atoms with Crippen molar-refractivity contribution in [2.75, 3.05) is 7.11 Å². The van der Waals surface area contributed by atoms with Gasteiger partial charge in [-0.25, -0.2) is 0 Å². The number of aromatic nitrogens is 1. The molecule has 118 valence electrons. The molecule has 0 fully saturated rings. The summed E-state index contributed by atoms with van der Waals surface area (Å²) in [5.41, 5.74) is 3.40. The molecule has 1 aromatic carbocycles. The predicted octanol–water partition coefficient (Wildman–Crippen LogP) is 4.89. The topological polar surface area (TPSA) is 37.8 Å². The van der Waals surface area contributed by atoms with E-state index in [1.165, 1.54) is 5.56 Å². The summed E-state index contributed by atoms with van der Waals surface area (Å²) in [4.78, 5) is 0. The first-order valence-corrected chi connectivity index (χ1v) is 8.11. The van der Waals surface area contributed by atoms with E-state index >= 15 is 0 Å². The van der Waals surface area contributed by atoms with Crippen LogP contribution in [0.25, 0.3) is 0 Å². The van der Waals surface area contributed by atoms with Gasteiger partial charge in [-0.15, -0.1) is 14.2 Å².